The molecule has 7 nitrogen and oxygen atoms in total. The summed E-state index contributed by atoms with van der Waals surface area (Å²) < 4.78 is 83.9. The maximum Gasteiger partial charge on any atom is 0.416 e. The molecule has 2 rings (SSSR count). The van der Waals surface area contributed by atoms with E-state index in [-0.39, 0.29) is 23.8 Å². The number of esters is 1. The SMILES string of the molecule is CC(C)(C)OC(=O)C(N)Cc1cc(C(=O)c2cc(C(F)(F)F)cc(C(F)(F)F)c2)ccc1[N+](=O)[O-]. The number of alkyl halides is 6. The van der Waals surface area contributed by atoms with Gasteiger partial charge < -0.3 is 10.5 Å². The van der Waals surface area contributed by atoms with Gasteiger partial charge in [-0.2, -0.15) is 26.3 Å². The van der Waals surface area contributed by atoms with Crippen molar-refractivity contribution in [2.45, 2.75) is 51.2 Å². The largest absolute Gasteiger partial charge is 0.459 e. The molecule has 0 spiro atoms. The number of carbonyl (C=O) groups is 2. The fourth-order valence-electron chi connectivity index (χ4n) is 3.02. The summed E-state index contributed by atoms with van der Waals surface area (Å²) >= 11 is 0. The molecular formula is C22H20F6N2O5. The van der Waals surface area contributed by atoms with Gasteiger partial charge in [0.25, 0.3) is 5.69 Å². The smallest absolute Gasteiger partial charge is 0.416 e. The molecule has 0 aliphatic carbocycles. The topological polar surface area (TPSA) is 113 Å². The molecule has 35 heavy (non-hydrogen) atoms. The Labute approximate surface area is 195 Å². The van der Waals surface area contributed by atoms with E-state index in [1.807, 2.05) is 0 Å². The van der Waals surface area contributed by atoms with Gasteiger partial charge in [0.1, 0.15) is 11.6 Å². The van der Waals surface area contributed by atoms with E-state index < -0.39 is 75.0 Å². The van der Waals surface area contributed by atoms with Crippen LogP contribution < -0.4 is 5.73 Å². The van der Waals surface area contributed by atoms with Crippen LogP contribution in [0.1, 0.15) is 53.4 Å². The Hall–Kier alpha value is -3.48. The Kier molecular flexibility index (Phi) is 7.65. The number of hydrogen-bond donors (Lipinski definition) is 1. The van der Waals surface area contributed by atoms with Gasteiger partial charge in [-0.05, 0) is 51.1 Å². The lowest BCUT2D eigenvalue weighted by Crippen LogP contribution is -2.39. The van der Waals surface area contributed by atoms with E-state index in [4.69, 9.17) is 10.5 Å². The zero-order chi connectivity index (χ0) is 26.9. The number of carbonyl (C=O) groups excluding carboxylic acids is 2. The first-order valence-electron chi connectivity index (χ1n) is 9.89. The minimum Gasteiger partial charge on any atom is -0.459 e. The third-order valence-corrected chi connectivity index (χ3v) is 4.54. The quantitative estimate of drug-likeness (QED) is 0.192. The summed E-state index contributed by atoms with van der Waals surface area (Å²) in [4.78, 5) is 35.5. The van der Waals surface area contributed by atoms with Gasteiger partial charge in [0.2, 0.25) is 0 Å². The maximum atomic E-state index is 13.1. The number of rotatable bonds is 6. The number of benzene rings is 2. The highest BCUT2D eigenvalue weighted by molar-refractivity contribution is 6.09. The van der Waals surface area contributed by atoms with Crippen LogP contribution in [0.2, 0.25) is 0 Å². The van der Waals surface area contributed by atoms with Crippen molar-refractivity contribution < 1.29 is 45.6 Å². The predicted molar refractivity (Wildman–Crippen MR) is 110 cm³/mol. The number of nitrogens with zero attached hydrogens (tertiary/aromatic N) is 1. The zero-order valence-electron chi connectivity index (χ0n) is 18.6. The Morgan fingerprint density at radius 3 is 1.89 bits per heavy atom. The minimum atomic E-state index is -5.17. The highest BCUT2D eigenvalue weighted by Crippen LogP contribution is 2.37. The van der Waals surface area contributed by atoms with Gasteiger partial charge >= 0.3 is 18.3 Å². The summed E-state index contributed by atoms with van der Waals surface area (Å²) in [5.41, 5.74) is -0.685. The second-order valence-electron chi connectivity index (χ2n) is 8.57. The molecule has 0 fully saturated rings. The predicted octanol–water partition coefficient (Wildman–Crippen LogP) is 5.07. The van der Waals surface area contributed by atoms with Crippen LogP contribution in [0.3, 0.4) is 0 Å². The summed E-state index contributed by atoms with van der Waals surface area (Å²) in [6, 6.07) is 1.62. The fourth-order valence-corrected chi connectivity index (χ4v) is 3.02. The number of ether oxygens (including phenoxy) is 1. The summed E-state index contributed by atoms with van der Waals surface area (Å²) in [5.74, 6) is -2.15. The fraction of sp³-hybridized carbons (Fsp3) is 0.364. The lowest BCUT2D eigenvalue weighted by atomic mass is 9.95. The Morgan fingerprint density at radius 1 is 0.943 bits per heavy atom. The number of halogens is 6. The molecule has 2 aromatic carbocycles. The Balaban J connectivity index is 2.53. The summed E-state index contributed by atoms with van der Waals surface area (Å²) in [6.07, 6.45) is -10.8. The number of nitro groups is 1. The molecule has 0 radical (unpaired) electrons. The van der Waals surface area contributed by atoms with Crippen molar-refractivity contribution in [3.05, 3.63) is 74.3 Å². The Bertz CT molecular complexity index is 1120. The van der Waals surface area contributed by atoms with Crippen LogP contribution in [0.15, 0.2) is 36.4 Å². The molecule has 190 valence electrons. The number of nitrogens with two attached hydrogens (primary N) is 1. The molecule has 2 aromatic rings. The van der Waals surface area contributed by atoms with E-state index in [2.05, 4.69) is 0 Å². The molecule has 0 saturated carbocycles. The summed E-state index contributed by atoms with van der Waals surface area (Å²) in [7, 11) is 0. The van der Waals surface area contributed by atoms with E-state index in [9.17, 15) is 46.0 Å². The molecule has 0 saturated heterocycles. The molecule has 0 heterocycles. The minimum absolute atomic E-state index is 0.127. The van der Waals surface area contributed by atoms with Crippen LogP contribution in [-0.2, 0) is 28.3 Å². The highest BCUT2D eigenvalue weighted by atomic mass is 19.4. The normalized spacial score (nSPS) is 13.3. The molecule has 0 aromatic heterocycles. The average molecular weight is 506 g/mol. The van der Waals surface area contributed by atoms with Gasteiger partial charge in [0.15, 0.2) is 5.78 Å². The van der Waals surface area contributed by atoms with E-state index in [1.165, 1.54) is 0 Å². The van der Waals surface area contributed by atoms with Gasteiger partial charge in [-0.1, -0.05) is 0 Å². The van der Waals surface area contributed by atoms with E-state index in [0.29, 0.717) is 0 Å². The van der Waals surface area contributed by atoms with Gasteiger partial charge in [0.05, 0.1) is 16.1 Å². The lowest BCUT2D eigenvalue weighted by molar-refractivity contribution is -0.385. The molecule has 0 aliphatic rings. The van der Waals surface area contributed by atoms with Gasteiger partial charge in [-0.3, -0.25) is 19.7 Å². The molecule has 13 heteroatoms. The van der Waals surface area contributed by atoms with E-state index in [1.54, 1.807) is 20.8 Å². The highest BCUT2D eigenvalue weighted by Gasteiger charge is 2.37. The first kappa shape index (κ1) is 27.8. The average Bonchev–Trinajstić information content (AvgIpc) is 2.70. The molecular weight excluding hydrogens is 486 g/mol. The van der Waals surface area contributed by atoms with Gasteiger partial charge in [-0.25, -0.2) is 0 Å². The number of ketones is 1. The second kappa shape index (κ2) is 9.64. The zero-order valence-corrected chi connectivity index (χ0v) is 18.6. The number of nitro benzene ring substituents is 1. The van der Waals surface area contributed by atoms with E-state index >= 15 is 0 Å². The van der Waals surface area contributed by atoms with Crippen molar-refractivity contribution in [1.82, 2.24) is 0 Å². The molecule has 0 amide bonds. The van der Waals surface area contributed by atoms with Crippen LogP contribution in [-0.4, -0.2) is 28.3 Å². The molecule has 1 atom stereocenters. The molecule has 1 unspecified atom stereocenters. The monoisotopic (exact) mass is 506 g/mol. The van der Waals surface area contributed by atoms with Crippen molar-refractivity contribution in [1.29, 1.82) is 0 Å². The first-order chi connectivity index (χ1) is 15.8. The number of hydrogen-bond acceptors (Lipinski definition) is 6. The standard InChI is InChI=1S/C22H20F6N2O5/c1-20(2,3)35-19(32)16(29)9-12-6-11(4-5-17(12)30(33)34)18(31)13-7-14(21(23,24)25)10-15(8-13)22(26,27)28/h4-8,10,16H,9,29H2,1-3H3. The van der Waals surface area contributed by atoms with Crippen molar-refractivity contribution in [3.8, 4) is 0 Å². The van der Waals surface area contributed by atoms with Crippen LogP contribution in [0.25, 0.3) is 0 Å². The Morgan fingerprint density at radius 2 is 1.46 bits per heavy atom. The second-order valence-corrected chi connectivity index (χ2v) is 8.57. The molecule has 0 aliphatic heterocycles. The van der Waals surface area contributed by atoms with Crippen LogP contribution in [0, 0.1) is 10.1 Å². The summed E-state index contributed by atoms with van der Waals surface area (Å²) in [5, 5.41) is 11.4. The molecule has 2 N–H and O–H groups in total. The first-order valence-corrected chi connectivity index (χ1v) is 9.89. The van der Waals surface area contributed by atoms with Gasteiger partial charge in [-0.15, -0.1) is 0 Å². The van der Waals surface area contributed by atoms with Crippen molar-refractivity contribution in [2.24, 2.45) is 5.73 Å². The third-order valence-electron chi connectivity index (χ3n) is 4.54. The summed E-state index contributed by atoms with van der Waals surface area (Å²) in [6.45, 7) is 4.68. The van der Waals surface area contributed by atoms with Gasteiger partial charge in [0, 0.05) is 29.2 Å². The van der Waals surface area contributed by atoms with Crippen LogP contribution in [0.5, 0.6) is 0 Å². The maximum absolute atomic E-state index is 13.1. The lowest BCUT2D eigenvalue weighted by Gasteiger charge is -2.22. The third kappa shape index (κ3) is 7.25. The van der Waals surface area contributed by atoms with Crippen LogP contribution in [0.4, 0.5) is 32.0 Å². The van der Waals surface area contributed by atoms with E-state index in [0.717, 1.165) is 18.2 Å². The van der Waals surface area contributed by atoms with Crippen molar-refractivity contribution >= 4 is 17.4 Å². The van der Waals surface area contributed by atoms with Crippen molar-refractivity contribution in [3.63, 3.8) is 0 Å². The van der Waals surface area contributed by atoms with Crippen molar-refractivity contribution in [2.75, 3.05) is 0 Å². The van der Waals surface area contributed by atoms with Crippen LogP contribution >= 0.6 is 0 Å². The molecule has 0 bridgehead atoms.